The van der Waals surface area contributed by atoms with Crippen molar-refractivity contribution in [2.24, 2.45) is 5.73 Å². The third-order valence-electron chi connectivity index (χ3n) is 2.20. The molecule has 0 saturated carbocycles. The maximum atomic E-state index is 10.3. The predicted molar refractivity (Wildman–Crippen MR) is 95.1 cm³/mol. The molecule has 0 heterocycles. The van der Waals surface area contributed by atoms with Gasteiger partial charge in [0.05, 0.1) is 25.7 Å². The smallest absolute Gasteiger partial charge is 0.155 e. The van der Waals surface area contributed by atoms with Gasteiger partial charge in [-0.15, -0.1) is 0 Å². The summed E-state index contributed by atoms with van der Waals surface area (Å²) < 4.78 is 9.40. The zero-order valence-corrected chi connectivity index (χ0v) is 17.4. The van der Waals surface area contributed by atoms with Crippen molar-refractivity contribution in [1.29, 1.82) is 0 Å². The number of carbonyl (C=O) groups excluding carboxylic acids is 2. The second kappa shape index (κ2) is 24.1. The summed E-state index contributed by atoms with van der Waals surface area (Å²) in [6.07, 6.45) is 4.08. The Morgan fingerprint density at radius 3 is 1.46 bits per heavy atom. The van der Waals surface area contributed by atoms with Gasteiger partial charge in [-0.3, -0.25) is 9.59 Å². The van der Waals surface area contributed by atoms with Gasteiger partial charge in [0, 0.05) is 42.6 Å². The van der Waals surface area contributed by atoms with Gasteiger partial charge in [-0.2, -0.15) is 0 Å². The molecular weight excluding hydrogens is 348 g/mol. The van der Waals surface area contributed by atoms with Crippen LogP contribution >= 0.6 is 0 Å². The second-order valence-corrected chi connectivity index (χ2v) is 4.68. The normalized spacial score (nSPS) is 10.2. The van der Waals surface area contributed by atoms with E-state index in [1.54, 1.807) is 13.8 Å². The zero-order chi connectivity index (χ0) is 18.7. The van der Waals surface area contributed by atoms with Crippen LogP contribution in [0.1, 0.15) is 41.0 Å². The van der Waals surface area contributed by atoms with E-state index in [9.17, 15) is 9.59 Å². The number of carbonyl (C=O) groups is 2. The van der Waals surface area contributed by atoms with E-state index in [1.807, 2.05) is 0 Å². The minimum absolute atomic E-state index is 0. The number of ketones is 2. The first kappa shape index (κ1) is 30.7. The number of hydrogen-bond acceptors (Lipinski definition) is 6. The van der Waals surface area contributed by atoms with Crippen LogP contribution in [-0.2, 0) is 36.4 Å². The molecule has 0 aromatic heterocycles. The van der Waals surface area contributed by atoms with E-state index in [0.717, 1.165) is 19.6 Å². The van der Waals surface area contributed by atoms with E-state index in [-0.39, 0.29) is 28.9 Å². The molecule has 7 heteroatoms. The van der Waals surface area contributed by atoms with Crippen molar-refractivity contribution in [2.75, 3.05) is 33.9 Å². The van der Waals surface area contributed by atoms with Crippen molar-refractivity contribution in [3.05, 3.63) is 23.7 Å². The van der Waals surface area contributed by atoms with Crippen LogP contribution in [0.2, 0.25) is 0 Å². The van der Waals surface area contributed by atoms with Crippen molar-refractivity contribution in [1.82, 2.24) is 5.32 Å². The zero-order valence-electron chi connectivity index (χ0n) is 16.1. The molecule has 24 heavy (non-hydrogen) atoms. The van der Waals surface area contributed by atoms with E-state index in [4.69, 9.17) is 15.2 Å². The molecule has 0 fully saturated rings. The number of methoxy groups -OCH3 is 2. The van der Waals surface area contributed by atoms with Crippen LogP contribution in [0.4, 0.5) is 0 Å². The molecule has 0 spiro atoms. The minimum atomic E-state index is 0. The fourth-order valence-electron chi connectivity index (χ4n) is 1.09. The summed E-state index contributed by atoms with van der Waals surface area (Å²) in [6.45, 7) is 11.4. The van der Waals surface area contributed by atoms with Crippen molar-refractivity contribution >= 4 is 11.6 Å². The third-order valence-corrected chi connectivity index (χ3v) is 2.20. The summed E-state index contributed by atoms with van der Waals surface area (Å²) in [5, 5.41) is 3.16. The number of nitrogens with one attached hydrogen (secondary N) is 1. The predicted octanol–water partition coefficient (Wildman–Crippen LogP) is 2.19. The molecule has 0 aliphatic heterocycles. The first-order valence-corrected chi connectivity index (χ1v) is 7.61. The number of ether oxygens (including phenoxy) is 2. The van der Waals surface area contributed by atoms with Crippen LogP contribution in [0.15, 0.2) is 23.7 Å². The number of allylic oxidation sites excluding steroid dienone is 4. The second-order valence-electron chi connectivity index (χ2n) is 4.68. The molecule has 0 saturated heterocycles. The fourth-order valence-corrected chi connectivity index (χ4v) is 1.09. The van der Waals surface area contributed by atoms with Crippen LogP contribution in [0, 0.1) is 0 Å². The van der Waals surface area contributed by atoms with Crippen LogP contribution in [0.5, 0.6) is 0 Å². The van der Waals surface area contributed by atoms with Crippen LogP contribution < -0.4 is 11.1 Å². The van der Waals surface area contributed by atoms with E-state index >= 15 is 0 Å². The Hall–Kier alpha value is -1.13. The van der Waals surface area contributed by atoms with Gasteiger partial charge in [0.25, 0.3) is 0 Å². The summed E-state index contributed by atoms with van der Waals surface area (Å²) in [5.74, 6) is 1.34. The Kier molecular flexibility index (Phi) is 30.9. The standard InChI is InChI=1S/2C6H10O2.C5H14N2.Cr/c2*1-5(7)4-6(2)8-3;1-2-4-7-5-3-6;/h2*4H,1-3H3;7H,2-6H2,1H3;/b2*6-4-;;. The molecule has 0 aliphatic carbocycles. The molecule has 6 nitrogen and oxygen atoms in total. The average molecular weight is 382 g/mol. The largest absolute Gasteiger partial charge is 0.501 e. The summed E-state index contributed by atoms with van der Waals surface area (Å²) >= 11 is 0. The van der Waals surface area contributed by atoms with Crippen LogP contribution in [-0.4, -0.2) is 45.4 Å². The molecule has 3 N–H and O–H groups in total. The quantitative estimate of drug-likeness (QED) is 0.380. The van der Waals surface area contributed by atoms with Crippen molar-refractivity contribution in [3.8, 4) is 0 Å². The van der Waals surface area contributed by atoms with E-state index in [0.29, 0.717) is 11.5 Å². The summed E-state index contributed by atoms with van der Waals surface area (Å²) in [4.78, 5) is 20.5. The first-order valence-electron chi connectivity index (χ1n) is 7.61. The van der Waals surface area contributed by atoms with Gasteiger partial charge in [0.2, 0.25) is 0 Å². The molecule has 0 bridgehead atoms. The molecule has 0 aliphatic rings. The molecule has 0 atom stereocenters. The average Bonchev–Trinajstić information content (AvgIpc) is 2.47. The third kappa shape index (κ3) is 37.3. The Balaban J connectivity index is -0.000000123. The minimum Gasteiger partial charge on any atom is -0.501 e. The number of nitrogens with two attached hydrogens (primary N) is 1. The Labute approximate surface area is 158 Å². The van der Waals surface area contributed by atoms with Gasteiger partial charge in [-0.25, -0.2) is 0 Å². The molecule has 0 aromatic carbocycles. The molecule has 0 amide bonds. The maximum Gasteiger partial charge on any atom is 0.155 e. The summed E-state index contributed by atoms with van der Waals surface area (Å²) in [5.41, 5.74) is 5.21. The molecule has 0 rings (SSSR count). The molecule has 142 valence electrons. The van der Waals surface area contributed by atoms with Gasteiger partial charge in [-0.1, -0.05) is 6.92 Å². The SMILES string of the molecule is CCCNCCN.CO/C(C)=C\C(C)=O.CO/C(C)=C\C(C)=O.[Cr]. The van der Waals surface area contributed by atoms with Crippen molar-refractivity contribution in [3.63, 3.8) is 0 Å². The van der Waals surface area contributed by atoms with Crippen LogP contribution in [0.3, 0.4) is 0 Å². The molecular formula is C17H34CrN2O4. The Morgan fingerprint density at radius 2 is 1.29 bits per heavy atom. The maximum absolute atomic E-state index is 10.3. The van der Waals surface area contributed by atoms with E-state index < -0.39 is 0 Å². The van der Waals surface area contributed by atoms with Crippen molar-refractivity contribution in [2.45, 2.75) is 41.0 Å². The summed E-state index contributed by atoms with van der Waals surface area (Å²) in [6, 6.07) is 0. The van der Waals surface area contributed by atoms with E-state index in [1.165, 1.54) is 46.6 Å². The first-order chi connectivity index (χ1) is 10.7. The Bertz CT molecular complexity index is 336. The number of rotatable bonds is 8. The Morgan fingerprint density at radius 1 is 0.917 bits per heavy atom. The van der Waals surface area contributed by atoms with Gasteiger partial charge < -0.3 is 20.5 Å². The fraction of sp³-hybridized carbons (Fsp3) is 0.647. The van der Waals surface area contributed by atoms with Gasteiger partial charge in [0.1, 0.15) is 0 Å². The van der Waals surface area contributed by atoms with Crippen molar-refractivity contribution < 1.29 is 36.4 Å². The van der Waals surface area contributed by atoms with E-state index in [2.05, 4.69) is 12.2 Å². The topological polar surface area (TPSA) is 90.7 Å². The van der Waals surface area contributed by atoms with Crippen LogP contribution in [0.25, 0.3) is 0 Å². The summed E-state index contributed by atoms with van der Waals surface area (Å²) in [7, 11) is 3.07. The molecule has 0 unspecified atom stereocenters. The monoisotopic (exact) mass is 382 g/mol. The van der Waals surface area contributed by atoms with Gasteiger partial charge >= 0.3 is 0 Å². The number of hydrogen-bond donors (Lipinski definition) is 2. The molecule has 0 aromatic rings. The van der Waals surface area contributed by atoms with Gasteiger partial charge in [0.15, 0.2) is 11.6 Å². The van der Waals surface area contributed by atoms with Gasteiger partial charge in [-0.05, 0) is 40.7 Å². The molecule has 0 radical (unpaired) electrons.